The predicted octanol–water partition coefficient (Wildman–Crippen LogP) is 3.40. The third-order valence-corrected chi connectivity index (χ3v) is 4.67. The van der Waals surface area contributed by atoms with Gasteiger partial charge in [0.15, 0.2) is 0 Å². The van der Waals surface area contributed by atoms with E-state index in [1.54, 1.807) is 0 Å². The van der Waals surface area contributed by atoms with Gasteiger partial charge in [-0.15, -0.1) is 0 Å². The van der Waals surface area contributed by atoms with E-state index in [1.807, 2.05) is 0 Å². The molecule has 1 N–H and O–H groups in total. The lowest BCUT2D eigenvalue weighted by molar-refractivity contribution is -0.0262. The molecule has 0 aromatic heterocycles. The van der Waals surface area contributed by atoms with E-state index in [2.05, 4.69) is 38.2 Å². The molecule has 1 heterocycles. The Morgan fingerprint density at radius 2 is 1.90 bits per heavy atom. The zero-order chi connectivity index (χ0) is 15.1. The fourth-order valence-corrected chi connectivity index (χ4v) is 3.18. The number of ether oxygens (including phenoxy) is 2. The summed E-state index contributed by atoms with van der Waals surface area (Å²) in [5.41, 5.74) is 0. The summed E-state index contributed by atoms with van der Waals surface area (Å²) in [5.74, 6) is 2.16. The molecule has 4 unspecified atom stereocenters. The molecule has 2 rings (SSSR count). The number of hydrogen-bond acceptors (Lipinski definition) is 3. The summed E-state index contributed by atoms with van der Waals surface area (Å²) in [6, 6.07) is 0. The topological polar surface area (TPSA) is 30.5 Å². The van der Waals surface area contributed by atoms with Gasteiger partial charge in [-0.05, 0) is 50.0 Å². The van der Waals surface area contributed by atoms with Gasteiger partial charge in [0.1, 0.15) is 0 Å². The molecule has 0 aromatic rings. The third kappa shape index (κ3) is 6.09. The SMILES string of the molecule is CC(C)CNCC1CCC(COCC2CC=CCC2C)O1. The van der Waals surface area contributed by atoms with Gasteiger partial charge in [0, 0.05) is 6.54 Å². The lowest BCUT2D eigenvalue weighted by atomic mass is 9.85. The minimum Gasteiger partial charge on any atom is -0.378 e. The third-order valence-electron chi connectivity index (χ3n) is 4.67. The molecule has 1 aliphatic heterocycles. The van der Waals surface area contributed by atoms with Crippen LogP contribution in [-0.2, 0) is 9.47 Å². The van der Waals surface area contributed by atoms with Gasteiger partial charge in [-0.3, -0.25) is 0 Å². The van der Waals surface area contributed by atoms with Gasteiger partial charge >= 0.3 is 0 Å². The van der Waals surface area contributed by atoms with Crippen molar-refractivity contribution >= 4 is 0 Å². The number of nitrogens with one attached hydrogen (secondary N) is 1. The number of allylic oxidation sites excluding steroid dienone is 2. The minimum absolute atomic E-state index is 0.310. The Morgan fingerprint density at radius 3 is 2.67 bits per heavy atom. The molecule has 1 saturated heterocycles. The lowest BCUT2D eigenvalue weighted by Gasteiger charge is -2.25. The van der Waals surface area contributed by atoms with Crippen LogP contribution in [0.15, 0.2) is 12.2 Å². The van der Waals surface area contributed by atoms with Crippen molar-refractivity contribution in [3.8, 4) is 0 Å². The van der Waals surface area contributed by atoms with Gasteiger partial charge in [-0.25, -0.2) is 0 Å². The van der Waals surface area contributed by atoms with Crippen LogP contribution in [0.5, 0.6) is 0 Å². The van der Waals surface area contributed by atoms with Crippen molar-refractivity contribution in [2.24, 2.45) is 17.8 Å². The Bertz CT molecular complexity index is 316. The van der Waals surface area contributed by atoms with Gasteiger partial charge in [-0.1, -0.05) is 32.9 Å². The lowest BCUT2D eigenvalue weighted by Crippen LogP contribution is -2.30. The van der Waals surface area contributed by atoms with Crippen LogP contribution >= 0.6 is 0 Å². The summed E-state index contributed by atoms with van der Waals surface area (Å²) in [6.07, 6.45) is 9.99. The maximum absolute atomic E-state index is 6.06. The smallest absolute Gasteiger partial charge is 0.0813 e. The van der Waals surface area contributed by atoms with Crippen molar-refractivity contribution in [3.63, 3.8) is 0 Å². The normalized spacial score (nSPS) is 33.0. The summed E-state index contributed by atoms with van der Waals surface area (Å²) in [4.78, 5) is 0. The first kappa shape index (κ1) is 17.0. The molecule has 0 saturated carbocycles. The van der Waals surface area contributed by atoms with Crippen LogP contribution in [0.25, 0.3) is 0 Å². The van der Waals surface area contributed by atoms with Gasteiger partial charge < -0.3 is 14.8 Å². The quantitative estimate of drug-likeness (QED) is 0.696. The Hall–Kier alpha value is -0.380. The first-order valence-corrected chi connectivity index (χ1v) is 8.74. The number of hydrogen-bond donors (Lipinski definition) is 1. The van der Waals surface area contributed by atoms with Crippen LogP contribution in [0.2, 0.25) is 0 Å². The summed E-state index contributed by atoms with van der Waals surface area (Å²) < 4.78 is 12.0. The highest BCUT2D eigenvalue weighted by Gasteiger charge is 2.26. The second-order valence-electron chi connectivity index (χ2n) is 7.23. The Kier molecular flexibility index (Phi) is 7.21. The second kappa shape index (κ2) is 8.92. The molecule has 0 radical (unpaired) electrons. The van der Waals surface area contributed by atoms with Gasteiger partial charge in [0.25, 0.3) is 0 Å². The maximum Gasteiger partial charge on any atom is 0.0813 e. The van der Waals surface area contributed by atoms with Gasteiger partial charge in [-0.2, -0.15) is 0 Å². The van der Waals surface area contributed by atoms with Gasteiger partial charge in [0.2, 0.25) is 0 Å². The van der Waals surface area contributed by atoms with Crippen LogP contribution in [0.1, 0.15) is 46.5 Å². The van der Waals surface area contributed by atoms with Crippen LogP contribution in [-0.4, -0.2) is 38.5 Å². The first-order valence-electron chi connectivity index (χ1n) is 8.74. The molecule has 0 bridgehead atoms. The predicted molar refractivity (Wildman–Crippen MR) is 87.4 cm³/mol. The molecule has 3 heteroatoms. The average Bonchev–Trinajstić information content (AvgIpc) is 2.88. The Balaban J connectivity index is 1.55. The molecule has 0 amide bonds. The minimum atomic E-state index is 0.310. The largest absolute Gasteiger partial charge is 0.378 e. The molecule has 1 aliphatic carbocycles. The van der Waals surface area contributed by atoms with E-state index in [0.29, 0.717) is 24.0 Å². The molecular formula is C18H33NO2. The van der Waals surface area contributed by atoms with Crippen LogP contribution in [0, 0.1) is 17.8 Å². The average molecular weight is 295 g/mol. The van der Waals surface area contributed by atoms with Crippen molar-refractivity contribution in [1.82, 2.24) is 5.32 Å². The summed E-state index contributed by atoms with van der Waals surface area (Å²) in [5, 5.41) is 3.49. The maximum atomic E-state index is 6.06. The highest BCUT2D eigenvalue weighted by Crippen LogP contribution is 2.26. The zero-order valence-electron chi connectivity index (χ0n) is 14.0. The van der Waals surface area contributed by atoms with E-state index in [-0.39, 0.29) is 0 Å². The van der Waals surface area contributed by atoms with E-state index < -0.39 is 0 Å². The first-order chi connectivity index (χ1) is 10.1. The summed E-state index contributed by atoms with van der Waals surface area (Å²) >= 11 is 0. The van der Waals surface area contributed by atoms with Gasteiger partial charge in [0.05, 0.1) is 25.4 Å². The highest BCUT2D eigenvalue weighted by molar-refractivity contribution is 4.93. The van der Waals surface area contributed by atoms with E-state index in [4.69, 9.17) is 9.47 Å². The molecular weight excluding hydrogens is 262 g/mol. The van der Waals surface area contributed by atoms with E-state index in [0.717, 1.165) is 38.6 Å². The van der Waals surface area contributed by atoms with E-state index in [1.165, 1.54) is 19.3 Å². The van der Waals surface area contributed by atoms with Crippen molar-refractivity contribution in [3.05, 3.63) is 12.2 Å². The van der Waals surface area contributed by atoms with E-state index in [9.17, 15) is 0 Å². The summed E-state index contributed by atoms with van der Waals surface area (Å²) in [7, 11) is 0. The Morgan fingerprint density at radius 1 is 1.14 bits per heavy atom. The Labute approximate surface area is 130 Å². The monoisotopic (exact) mass is 295 g/mol. The van der Waals surface area contributed by atoms with Crippen LogP contribution < -0.4 is 5.32 Å². The van der Waals surface area contributed by atoms with Crippen LogP contribution in [0.3, 0.4) is 0 Å². The second-order valence-corrected chi connectivity index (χ2v) is 7.23. The fraction of sp³-hybridized carbons (Fsp3) is 0.889. The molecule has 0 aromatic carbocycles. The molecule has 4 atom stereocenters. The molecule has 21 heavy (non-hydrogen) atoms. The zero-order valence-corrected chi connectivity index (χ0v) is 14.0. The van der Waals surface area contributed by atoms with Crippen molar-refractivity contribution in [2.75, 3.05) is 26.3 Å². The molecule has 0 spiro atoms. The van der Waals surface area contributed by atoms with Crippen LogP contribution in [0.4, 0.5) is 0 Å². The number of rotatable bonds is 8. The highest BCUT2D eigenvalue weighted by atomic mass is 16.5. The van der Waals surface area contributed by atoms with Crippen molar-refractivity contribution < 1.29 is 9.47 Å². The van der Waals surface area contributed by atoms with Crippen molar-refractivity contribution in [2.45, 2.75) is 58.7 Å². The molecule has 2 aliphatic rings. The molecule has 3 nitrogen and oxygen atoms in total. The van der Waals surface area contributed by atoms with E-state index >= 15 is 0 Å². The molecule has 122 valence electrons. The summed E-state index contributed by atoms with van der Waals surface area (Å²) in [6.45, 7) is 10.5. The fourth-order valence-electron chi connectivity index (χ4n) is 3.18. The molecule has 1 fully saturated rings. The standard InChI is InChI=1S/C18H33NO2/c1-14(2)10-19-11-17-8-9-18(21-17)13-20-12-16-7-5-4-6-15(16)3/h4-5,14-19H,6-13H2,1-3H3. The van der Waals surface area contributed by atoms with Crippen molar-refractivity contribution in [1.29, 1.82) is 0 Å².